The fourth-order valence-corrected chi connectivity index (χ4v) is 2.39. The monoisotopic (exact) mass is 328 g/mol. The Kier molecular flexibility index (Phi) is 6.18. The van der Waals surface area contributed by atoms with Crippen molar-refractivity contribution in [3.05, 3.63) is 47.3 Å². The average Bonchev–Trinajstić information content (AvgIpc) is 2.55. The molecule has 0 atom stereocenters. The molecule has 0 fully saturated rings. The Morgan fingerprint density at radius 2 is 1.71 bits per heavy atom. The van der Waals surface area contributed by atoms with Crippen molar-refractivity contribution >= 4 is 11.6 Å². The molecule has 1 N–H and O–H groups in total. The number of hydrogen-bond donors (Lipinski definition) is 1. The number of amides is 1. The fourth-order valence-electron chi connectivity index (χ4n) is 2.39. The van der Waals surface area contributed by atoms with Gasteiger partial charge in [0.25, 0.3) is 5.91 Å². The minimum absolute atomic E-state index is 0.0537. The first-order valence-corrected chi connectivity index (χ1v) is 8.10. The molecule has 0 aliphatic heterocycles. The number of carbonyl (C=O) groups is 1. The fraction of sp³-hybridized carbons (Fsp3) is 0.368. The van der Waals surface area contributed by atoms with E-state index < -0.39 is 0 Å². The molecule has 2 rings (SSSR count). The Hall–Kier alpha value is -2.56. The number of carbonyl (C=O) groups excluding carboxylic acids is 1. The number of pyridine rings is 1. The van der Waals surface area contributed by atoms with E-state index in [2.05, 4.69) is 17.2 Å². The summed E-state index contributed by atoms with van der Waals surface area (Å²) in [6.07, 6.45) is 0.963. The van der Waals surface area contributed by atoms with Crippen LogP contribution >= 0.6 is 0 Å². The summed E-state index contributed by atoms with van der Waals surface area (Å²) in [5, 5.41) is 2.86. The molecule has 0 saturated carbocycles. The van der Waals surface area contributed by atoms with Gasteiger partial charge in [-0.15, -0.1) is 0 Å². The van der Waals surface area contributed by atoms with Crippen LogP contribution < -0.4 is 14.8 Å². The van der Waals surface area contributed by atoms with Crippen molar-refractivity contribution in [1.82, 2.24) is 4.98 Å². The van der Waals surface area contributed by atoms with E-state index in [0.29, 0.717) is 12.4 Å². The van der Waals surface area contributed by atoms with Crippen LogP contribution in [-0.4, -0.2) is 24.1 Å². The summed E-state index contributed by atoms with van der Waals surface area (Å²) in [6, 6.07) is 9.20. The lowest BCUT2D eigenvalue weighted by Crippen LogP contribution is -2.21. The molecule has 5 heteroatoms. The Morgan fingerprint density at radius 1 is 1.08 bits per heavy atom. The predicted octanol–water partition coefficient (Wildman–Crippen LogP) is 3.81. The van der Waals surface area contributed by atoms with E-state index in [1.165, 1.54) is 0 Å². The maximum atomic E-state index is 12.1. The highest BCUT2D eigenvalue weighted by Gasteiger charge is 2.10. The van der Waals surface area contributed by atoms with Crippen LogP contribution in [0, 0.1) is 20.8 Å². The Balaban J connectivity index is 1.89. The van der Waals surface area contributed by atoms with Crippen molar-refractivity contribution in [2.24, 2.45) is 0 Å². The first kappa shape index (κ1) is 17.8. The zero-order chi connectivity index (χ0) is 17.5. The van der Waals surface area contributed by atoms with Crippen LogP contribution in [0.15, 0.2) is 30.3 Å². The average molecular weight is 328 g/mol. The van der Waals surface area contributed by atoms with Gasteiger partial charge in [0, 0.05) is 5.69 Å². The molecule has 5 nitrogen and oxygen atoms in total. The van der Waals surface area contributed by atoms with Crippen molar-refractivity contribution in [2.75, 3.05) is 18.5 Å². The number of aromatic nitrogens is 1. The van der Waals surface area contributed by atoms with Gasteiger partial charge in [-0.2, -0.15) is 0 Å². The van der Waals surface area contributed by atoms with Gasteiger partial charge in [-0.1, -0.05) is 6.92 Å². The zero-order valence-electron chi connectivity index (χ0n) is 14.7. The lowest BCUT2D eigenvalue weighted by Gasteiger charge is -2.12. The maximum Gasteiger partial charge on any atom is 0.262 e. The second-order valence-electron chi connectivity index (χ2n) is 5.70. The third-order valence-electron chi connectivity index (χ3n) is 3.46. The number of anilines is 1. The van der Waals surface area contributed by atoms with Crippen LogP contribution in [0.2, 0.25) is 0 Å². The lowest BCUT2D eigenvalue weighted by atomic mass is 10.1. The first-order valence-electron chi connectivity index (χ1n) is 8.10. The third kappa shape index (κ3) is 4.98. The van der Waals surface area contributed by atoms with Gasteiger partial charge >= 0.3 is 0 Å². The molecule has 0 bridgehead atoms. The summed E-state index contributed by atoms with van der Waals surface area (Å²) in [5.74, 6) is 1.22. The molecule has 0 spiro atoms. The molecule has 24 heavy (non-hydrogen) atoms. The largest absolute Gasteiger partial charge is 0.494 e. The number of nitrogens with one attached hydrogen (secondary N) is 1. The summed E-state index contributed by atoms with van der Waals surface area (Å²) in [4.78, 5) is 16.5. The van der Waals surface area contributed by atoms with Gasteiger partial charge in [0.15, 0.2) is 6.61 Å². The highest BCUT2D eigenvalue weighted by atomic mass is 16.5. The zero-order valence-corrected chi connectivity index (χ0v) is 14.7. The molecule has 128 valence electrons. The van der Waals surface area contributed by atoms with E-state index in [-0.39, 0.29) is 12.5 Å². The van der Waals surface area contributed by atoms with E-state index in [4.69, 9.17) is 9.47 Å². The third-order valence-corrected chi connectivity index (χ3v) is 3.46. The molecular formula is C19H24N2O3. The Morgan fingerprint density at radius 3 is 2.29 bits per heavy atom. The summed E-state index contributed by atoms with van der Waals surface area (Å²) in [7, 11) is 0. The van der Waals surface area contributed by atoms with E-state index in [9.17, 15) is 4.79 Å². The molecule has 1 aromatic carbocycles. The van der Waals surface area contributed by atoms with Gasteiger partial charge in [-0.25, -0.2) is 0 Å². The van der Waals surface area contributed by atoms with Crippen molar-refractivity contribution in [3.8, 4) is 11.5 Å². The van der Waals surface area contributed by atoms with Crippen LogP contribution in [0.5, 0.6) is 11.5 Å². The van der Waals surface area contributed by atoms with Crippen LogP contribution in [-0.2, 0) is 4.79 Å². The SMILES string of the molecule is CCCOc1ccc(OCC(=O)Nc2c(C)cc(C)nc2C)cc1. The molecule has 1 heterocycles. The topological polar surface area (TPSA) is 60.5 Å². The van der Waals surface area contributed by atoms with Gasteiger partial charge in [0.2, 0.25) is 0 Å². The van der Waals surface area contributed by atoms with Crippen LogP contribution in [0.25, 0.3) is 0 Å². The van der Waals surface area contributed by atoms with E-state index in [1.54, 1.807) is 12.1 Å². The van der Waals surface area contributed by atoms with Gasteiger partial charge in [0.05, 0.1) is 18.0 Å². The molecular weight excluding hydrogens is 304 g/mol. The minimum atomic E-state index is -0.210. The second kappa shape index (κ2) is 8.34. The molecule has 1 amide bonds. The predicted molar refractivity (Wildman–Crippen MR) is 94.8 cm³/mol. The smallest absolute Gasteiger partial charge is 0.262 e. The van der Waals surface area contributed by atoms with E-state index in [1.807, 2.05) is 39.0 Å². The quantitative estimate of drug-likeness (QED) is 0.839. The molecule has 0 radical (unpaired) electrons. The number of ether oxygens (including phenoxy) is 2. The summed E-state index contributed by atoms with van der Waals surface area (Å²) < 4.78 is 11.0. The van der Waals surface area contributed by atoms with Crippen LogP contribution in [0.3, 0.4) is 0 Å². The summed E-state index contributed by atoms with van der Waals surface area (Å²) in [5.41, 5.74) is 3.48. The summed E-state index contributed by atoms with van der Waals surface area (Å²) in [6.45, 7) is 8.46. The van der Waals surface area contributed by atoms with Crippen molar-refractivity contribution in [2.45, 2.75) is 34.1 Å². The minimum Gasteiger partial charge on any atom is -0.494 e. The first-order chi connectivity index (χ1) is 11.5. The molecule has 1 aromatic heterocycles. The summed E-state index contributed by atoms with van der Waals surface area (Å²) >= 11 is 0. The Labute approximate surface area is 143 Å². The van der Waals surface area contributed by atoms with Crippen molar-refractivity contribution < 1.29 is 14.3 Å². The van der Waals surface area contributed by atoms with Gasteiger partial charge < -0.3 is 14.8 Å². The van der Waals surface area contributed by atoms with E-state index >= 15 is 0 Å². The van der Waals surface area contributed by atoms with Crippen molar-refractivity contribution in [1.29, 1.82) is 0 Å². The van der Waals surface area contributed by atoms with Gasteiger partial charge in [0.1, 0.15) is 11.5 Å². The Bertz CT molecular complexity index is 673. The number of nitrogens with zero attached hydrogens (tertiary/aromatic N) is 1. The molecule has 0 aliphatic carbocycles. The van der Waals surface area contributed by atoms with Gasteiger partial charge in [-0.05, 0) is 63.1 Å². The number of hydrogen-bond acceptors (Lipinski definition) is 4. The molecule has 0 unspecified atom stereocenters. The highest BCUT2D eigenvalue weighted by Crippen LogP contribution is 2.20. The number of rotatable bonds is 7. The normalized spacial score (nSPS) is 10.3. The van der Waals surface area contributed by atoms with Crippen LogP contribution in [0.4, 0.5) is 5.69 Å². The standard InChI is InChI=1S/C19H24N2O3/c1-5-10-23-16-6-8-17(9-7-16)24-12-18(22)21-19-13(2)11-14(3)20-15(19)4/h6-9,11H,5,10,12H2,1-4H3,(H,21,22). The molecule has 0 aliphatic rings. The lowest BCUT2D eigenvalue weighted by molar-refractivity contribution is -0.118. The maximum absolute atomic E-state index is 12.1. The van der Waals surface area contributed by atoms with Crippen molar-refractivity contribution in [3.63, 3.8) is 0 Å². The second-order valence-corrected chi connectivity index (χ2v) is 5.70. The number of aryl methyl sites for hydroxylation is 3. The van der Waals surface area contributed by atoms with Crippen LogP contribution in [0.1, 0.15) is 30.3 Å². The molecule has 2 aromatic rings. The van der Waals surface area contributed by atoms with Gasteiger partial charge in [-0.3, -0.25) is 9.78 Å². The molecule has 0 saturated heterocycles. The highest BCUT2D eigenvalue weighted by molar-refractivity contribution is 5.93. The van der Waals surface area contributed by atoms with E-state index in [0.717, 1.165) is 34.8 Å². The number of benzene rings is 1.